The molecule has 1 fully saturated rings. The summed E-state index contributed by atoms with van der Waals surface area (Å²) in [4.78, 5) is 23.6. The Morgan fingerprint density at radius 2 is 2.00 bits per heavy atom. The Balaban J connectivity index is 1.72. The molecule has 1 aliphatic rings. The van der Waals surface area contributed by atoms with Gasteiger partial charge in [-0.2, -0.15) is 4.98 Å². The maximum atomic E-state index is 15.1. The molecule has 35 heavy (non-hydrogen) atoms. The van der Waals surface area contributed by atoms with Crippen LogP contribution in [-0.2, 0) is 4.74 Å². The van der Waals surface area contributed by atoms with Gasteiger partial charge in [0, 0.05) is 30.1 Å². The summed E-state index contributed by atoms with van der Waals surface area (Å²) in [5.41, 5.74) is 1.12. The molecule has 0 unspecified atom stereocenters. The van der Waals surface area contributed by atoms with Gasteiger partial charge in [0.05, 0.1) is 12.7 Å². The molecule has 0 aliphatic carbocycles. The molecule has 10 heteroatoms. The van der Waals surface area contributed by atoms with E-state index in [1.54, 1.807) is 13.0 Å². The van der Waals surface area contributed by atoms with Crippen molar-refractivity contribution in [2.24, 2.45) is 0 Å². The highest BCUT2D eigenvalue weighted by molar-refractivity contribution is 5.93. The fourth-order valence-corrected chi connectivity index (χ4v) is 4.51. The molecule has 1 amide bonds. The molecule has 2 atom stereocenters. The molecule has 4 rings (SSSR count). The quantitative estimate of drug-likeness (QED) is 0.555. The van der Waals surface area contributed by atoms with Crippen molar-refractivity contribution in [1.82, 2.24) is 20.4 Å². The third kappa shape index (κ3) is 5.16. The number of benzene rings is 1. The first-order valence-electron chi connectivity index (χ1n) is 11.7. The first-order chi connectivity index (χ1) is 16.5. The number of carbonyl (C=O) groups excluding carboxylic acids is 1. The number of hydrogen-bond acceptors (Lipinski definition) is 8. The molecule has 9 nitrogen and oxygen atoms in total. The summed E-state index contributed by atoms with van der Waals surface area (Å²) in [7, 11) is 1.50. The average molecular weight is 486 g/mol. The largest absolute Gasteiger partial charge is 0.497 e. The summed E-state index contributed by atoms with van der Waals surface area (Å²) in [5, 5.41) is 7.54. The summed E-state index contributed by atoms with van der Waals surface area (Å²) in [5.74, 6) is 1.34. The normalized spacial score (nSPS) is 18.6. The number of aromatic nitrogens is 3. The lowest BCUT2D eigenvalue weighted by molar-refractivity contribution is 0.0494. The Morgan fingerprint density at radius 3 is 2.60 bits per heavy atom. The molecular weight excluding hydrogens is 453 g/mol. The van der Waals surface area contributed by atoms with Crippen LogP contribution in [0.1, 0.15) is 51.9 Å². The number of aryl methyl sites for hydroxylation is 2. The topological polar surface area (TPSA) is 103 Å². The molecular formula is C25H32FN5O4. The Kier molecular flexibility index (Phi) is 6.57. The average Bonchev–Trinajstić information content (AvgIpc) is 3.18. The van der Waals surface area contributed by atoms with Crippen molar-refractivity contribution in [3.63, 3.8) is 0 Å². The number of nitrogens with zero attached hydrogens (tertiary/aromatic N) is 4. The van der Waals surface area contributed by atoms with Gasteiger partial charge in [0.1, 0.15) is 22.7 Å². The maximum absolute atomic E-state index is 15.1. The van der Waals surface area contributed by atoms with Crippen LogP contribution >= 0.6 is 0 Å². The number of halogens is 1. The van der Waals surface area contributed by atoms with Gasteiger partial charge in [0.25, 0.3) is 5.89 Å². The van der Waals surface area contributed by atoms with E-state index in [1.165, 1.54) is 13.2 Å². The van der Waals surface area contributed by atoms with E-state index in [-0.39, 0.29) is 17.6 Å². The van der Waals surface area contributed by atoms with Gasteiger partial charge < -0.3 is 24.2 Å². The Bertz CT molecular complexity index is 1250. The van der Waals surface area contributed by atoms with Crippen LogP contribution in [-0.4, -0.2) is 52.6 Å². The van der Waals surface area contributed by atoms with Crippen molar-refractivity contribution >= 4 is 22.8 Å². The molecule has 2 aromatic heterocycles. The number of ether oxygens (including phenoxy) is 2. The minimum Gasteiger partial charge on any atom is -0.497 e. The highest BCUT2D eigenvalue weighted by Gasteiger charge is 2.32. The van der Waals surface area contributed by atoms with Gasteiger partial charge in [-0.3, -0.25) is 0 Å². The number of nitrogens with one attached hydrogen (secondary N) is 1. The number of piperidine rings is 1. The Hall–Kier alpha value is -3.43. The molecule has 0 bridgehead atoms. The summed E-state index contributed by atoms with van der Waals surface area (Å²) in [6, 6.07) is 3.04. The minimum atomic E-state index is -0.563. The number of rotatable bonds is 4. The zero-order chi connectivity index (χ0) is 25.5. The first kappa shape index (κ1) is 24.7. The predicted molar refractivity (Wildman–Crippen MR) is 130 cm³/mol. The first-order valence-corrected chi connectivity index (χ1v) is 11.7. The second kappa shape index (κ2) is 9.31. The number of alkyl carbamates (subject to hydrolysis) is 1. The van der Waals surface area contributed by atoms with Crippen LogP contribution < -0.4 is 15.0 Å². The molecule has 0 saturated carbocycles. The number of fused-ring (bicyclic) bond motifs is 1. The van der Waals surface area contributed by atoms with E-state index in [2.05, 4.69) is 27.3 Å². The van der Waals surface area contributed by atoms with Crippen LogP contribution in [0.2, 0.25) is 0 Å². The van der Waals surface area contributed by atoms with Crippen LogP contribution in [0.5, 0.6) is 5.75 Å². The molecule has 1 aliphatic heterocycles. The van der Waals surface area contributed by atoms with Crippen molar-refractivity contribution in [2.75, 3.05) is 18.6 Å². The molecule has 0 radical (unpaired) electrons. The highest BCUT2D eigenvalue weighted by atomic mass is 19.1. The van der Waals surface area contributed by atoms with E-state index in [0.717, 1.165) is 5.56 Å². The second-order valence-corrected chi connectivity index (χ2v) is 10.00. The van der Waals surface area contributed by atoms with Crippen LogP contribution in [0.3, 0.4) is 0 Å². The van der Waals surface area contributed by atoms with Crippen molar-refractivity contribution < 1.29 is 23.2 Å². The molecule has 188 valence electrons. The van der Waals surface area contributed by atoms with Gasteiger partial charge in [-0.25, -0.2) is 14.2 Å². The number of carbonyl (C=O) groups is 1. The standard InChI is InChI=1S/C25H32FN5O4/c1-13-10-16(28-24(32)34-25(4,5)6)8-9-31(13)22-20(23-27-15(3)30-35-23)14(2)18-11-17(33-7)12-19(26)21(18)29-22/h11-13,16H,8-10H2,1-7H3,(H,28,32)/t13-,16+/m1/s1. The van der Waals surface area contributed by atoms with Gasteiger partial charge in [-0.1, -0.05) is 5.16 Å². The number of methoxy groups -OCH3 is 1. The Labute approximate surface area is 204 Å². The van der Waals surface area contributed by atoms with E-state index >= 15 is 4.39 Å². The minimum absolute atomic E-state index is 0.00267. The van der Waals surface area contributed by atoms with Gasteiger partial charge >= 0.3 is 6.09 Å². The maximum Gasteiger partial charge on any atom is 0.407 e. The third-order valence-electron chi connectivity index (χ3n) is 6.10. The number of pyridine rings is 1. The third-order valence-corrected chi connectivity index (χ3v) is 6.10. The fraction of sp³-hybridized carbons (Fsp3) is 0.520. The van der Waals surface area contributed by atoms with Crippen molar-refractivity contribution in [3.8, 4) is 17.2 Å². The van der Waals surface area contributed by atoms with E-state index in [9.17, 15) is 4.79 Å². The zero-order valence-corrected chi connectivity index (χ0v) is 21.2. The monoisotopic (exact) mass is 485 g/mol. The van der Waals surface area contributed by atoms with E-state index in [0.29, 0.717) is 53.6 Å². The smallest absolute Gasteiger partial charge is 0.407 e. The summed E-state index contributed by atoms with van der Waals surface area (Å²) in [6.07, 6.45) is 0.919. The lowest BCUT2D eigenvalue weighted by atomic mass is 9.96. The highest BCUT2D eigenvalue weighted by Crippen LogP contribution is 2.40. The fourth-order valence-electron chi connectivity index (χ4n) is 4.51. The van der Waals surface area contributed by atoms with Crippen molar-refractivity contribution in [2.45, 2.75) is 72.1 Å². The lowest BCUT2D eigenvalue weighted by Gasteiger charge is -2.39. The van der Waals surface area contributed by atoms with E-state index in [4.69, 9.17) is 19.0 Å². The lowest BCUT2D eigenvalue weighted by Crippen LogP contribution is -2.50. The second-order valence-electron chi connectivity index (χ2n) is 10.00. The molecule has 0 spiro atoms. The van der Waals surface area contributed by atoms with Crippen molar-refractivity contribution in [3.05, 3.63) is 29.3 Å². The molecule has 3 aromatic rings. The number of amides is 1. The van der Waals surface area contributed by atoms with Gasteiger partial charge in [0.15, 0.2) is 11.6 Å². The van der Waals surface area contributed by atoms with E-state index in [1.807, 2.05) is 27.7 Å². The summed E-state index contributed by atoms with van der Waals surface area (Å²) in [6.45, 7) is 11.8. The van der Waals surface area contributed by atoms with E-state index < -0.39 is 17.5 Å². The molecule has 1 N–H and O–H groups in total. The van der Waals surface area contributed by atoms with Gasteiger partial charge in [-0.05, 0) is 66.0 Å². The van der Waals surface area contributed by atoms with Gasteiger partial charge in [-0.15, -0.1) is 0 Å². The predicted octanol–water partition coefficient (Wildman–Crippen LogP) is 4.93. The van der Waals surface area contributed by atoms with Crippen LogP contribution in [0.25, 0.3) is 22.4 Å². The number of hydrogen-bond donors (Lipinski definition) is 1. The number of anilines is 1. The van der Waals surface area contributed by atoms with Crippen molar-refractivity contribution in [1.29, 1.82) is 0 Å². The van der Waals surface area contributed by atoms with Crippen LogP contribution in [0, 0.1) is 19.7 Å². The van der Waals surface area contributed by atoms with Gasteiger partial charge in [0.2, 0.25) is 0 Å². The summed E-state index contributed by atoms with van der Waals surface area (Å²) < 4.78 is 31.3. The molecule has 1 saturated heterocycles. The SMILES string of the molecule is COc1cc(F)c2nc(N3CC[C@H](NC(=O)OC(C)(C)C)C[C@H]3C)c(-c3nc(C)no3)c(C)c2c1. The molecule has 3 heterocycles. The molecule has 1 aromatic carbocycles. The van der Waals surface area contributed by atoms with Crippen LogP contribution in [0.4, 0.5) is 15.0 Å². The summed E-state index contributed by atoms with van der Waals surface area (Å²) >= 11 is 0. The zero-order valence-electron chi connectivity index (χ0n) is 21.2. The van der Waals surface area contributed by atoms with Crippen LogP contribution in [0.15, 0.2) is 16.7 Å². The Morgan fingerprint density at radius 1 is 1.26 bits per heavy atom.